The molecule has 2 aliphatic carbocycles. The summed E-state index contributed by atoms with van der Waals surface area (Å²) in [6.45, 7) is 8.16. The lowest BCUT2D eigenvalue weighted by Gasteiger charge is -2.37. The van der Waals surface area contributed by atoms with Gasteiger partial charge >= 0.3 is 11.9 Å². The SMILES string of the molecule is CC(C)[C@H]([NH3+])C(=O)OCCCC(=O)OCc1ccccc1.CC1(C)C2CCC1(CS(=O)(=O)[O-])C(=O)C2. The predicted octanol–water partition coefficient (Wildman–Crippen LogP) is 2.25. The van der Waals surface area contributed by atoms with Gasteiger partial charge in [-0.25, -0.2) is 13.2 Å². The van der Waals surface area contributed by atoms with Gasteiger partial charge in [-0.3, -0.25) is 9.59 Å². The molecule has 0 aliphatic heterocycles. The number of carbonyl (C=O) groups is 3. The molecule has 9 nitrogen and oxygen atoms in total. The molecule has 202 valence electrons. The Bertz CT molecular complexity index is 1020. The number of rotatable bonds is 10. The molecule has 2 unspecified atom stereocenters. The maximum absolute atomic E-state index is 11.8. The summed E-state index contributed by atoms with van der Waals surface area (Å²) in [5.74, 6) is -0.738. The Morgan fingerprint density at radius 2 is 1.81 bits per heavy atom. The molecule has 36 heavy (non-hydrogen) atoms. The van der Waals surface area contributed by atoms with Gasteiger partial charge in [0.2, 0.25) is 0 Å². The number of ketones is 1. The lowest BCUT2D eigenvalue weighted by molar-refractivity contribution is -0.418. The normalized spacial score (nSPS) is 23.1. The van der Waals surface area contributed by atoms with E-state index in [4.69, 9.17) is 9.47 Å². The monoisotopic (exact) mass is 525 g/mol. The Labute approximate surface area is 213 Å². The van der Waals surface area contributed by atoms with E-state index >= 15 is 0 Å². The molecule has 0 heterocycles. The second kappa shape index (κ2) is 12.3. The molecule has 0 saturated heterocycles. The van der Waals surface area contributed by atoms with Gasteiger partial charge in [0.25, 0.3) is 0 Å². The van der Waals surface area contributed by atoms with Crippen molar-refractivity contribution in [3.63, 3.8) is 0 Å². The van der Waals surface area contributed by atoms with Crippen LogP contribution in [0.5, 0.6) is 0 Å². The van der Waals surface area contributed by atoms with Gasteiger partial charge in [0.15, 0.2) is 6.04 Å². The van der Waals surface area contributed by atoms with E-state index in [1.807, 2.05) is 58.0 Å². The minimum Gasteiger partial charge on any atom is -0.748 e. The third-order valence-electron chi connectivity index (χ3n) is 7.68. The number of Topliss-reactive ketones (excluding diaryl/α,β-unsaturated/α-hetero) is 1. The van der Waals surface area contributed by atoms with E-state index in [-0.39, 0.29) is 60.6 Å². The molecule has 3 rings (SSSR count). The molecule has 2 fully saturated rings. The molecule has 10 heteroatoms. The zero-order valence-corrected chi connectivity index (χ0v) is 22.5. The van der Waals surface area contributed by atoms with E-state index in [0.717, 1.165) is 12.0 Å². The van der Waals surface area contributed by atoms with Gasteiger partial charge in [0.05, 0.1) is 22.5 Å². The van der Waals surface area contributed by atoms with Crippen molar-refractivity contribution in [2.75, 3.05) is 12.4 Å². The first-order chi connectivity index (χ1) is 16.7. The van der Waals surface area contributed by atoms with Gasteiger partial charge < -0.3 is 19.8 Å². The molecule has 0 spiro atoms. The number of carbonyl (C=O) groups excluding carboxylic acids is 3. The maximum atomic E-state index is 11.8. The maximum Gasteiger partial charge on any atom is 0.365 e. The van der Waals surface area contributed by atoms with E-state index in [2.05, 4.69) is 5.73 Å². The van der Waals surface area contributed by atoms with E-state index in [1.165, 1.54) is 0 Å². The minimum atomic E-state index is -4.33. The average Bonchev–Trinajstić information content (AvgIpc) is 3.14. The number of ether oxygens (including phenoxy) is 2. The highest BCUT2D eigenvalue weighted by Crippen LogP contribution is 2.64. The zero-order chi connectivity index (χ0) is 27.1. The van der Waals surface area contributed by atoms with Crippen molar-refractivity contribution in [3.8, 4) is 0 Å². The Morgan fingerprint density at radius 3 is 2.31 bits per heavy atom. The van der Waals surface area contributed by atoms with Crippen molar-refractivity contribution in [1.29, 1.82) is 0 Å². The summed E-state index contributed by atoms with van der Waals surface area (Å²) in [6.07, 6.45) is 2.58. The second-order valence-corrected chi connectivity index (χ2v) is 12.0. The summed E-state index contributed by atoms with van der Waals surface area (Å²) in [6, 6.07) is 9.13. The van der Waals surface area contributed by atoms with Gasteiger partial charge in [0.1, 0.15) is 12.4 Å². The summed E-state index contributed by atoms with van der Waals surface area (Å²) in [5, 5.41) is 0. The second-order valence-electron chi connectivity index (χ2n) is 10.6. The smallest absolute Gasteiger partial charge is 0.365 e. The van der Waals surface area contributed by atoms with Crippen LogP contribution in [0.4, 0.5) is 0 Å². The first-order valence-corrected chi connectivity index (χ1v) is 13.9. The Morgan fingerprint density at radius 1 is 1.17 bits per heavy atom. The van der Waals surface area contributed by atoms with E-state index in [1.54, 1.807) is 0 Å². The van der Waals surface area contributed by atoms with Crippen LogP contribution in [0.2, 0.25) is 0 Å². The van der Waals surface area contributed by atoms with Crippen molar-refractivity contribution in [1.82, 2.24) is 0 Å². The highest BCUT2D eigenvalue weighted by Gasteiger charge is 2.64. The first-order valence-electron chi connectivity index (χ1n) is 12.4. The zero-order valence-electron chi connectivity index (χ0n) is 21.7. The Hall–Kier alpha value is -2.30. The predicted molar refractivity (Wildman–Crippen MR) is 131 cm³/mol. The fourth-order valence-corrected chi connectivity index (χ4v) is 6.27. The van der Waals surface area contributed by atoms with E-state index < -0.39 is 21.3 Å². The minimum absolute atomic E-state index is 0.0248. The van der Waals surface area contributed by atoms with Crippen LogP contribution in [0.3, 0.4) is 0 Å². The Kier molecular flexibility index (Phi) is 10.2. The molecule has 1 aromatic rings. The number of fused-ring (bicyclic) bond motifs is 2. The molecule has 3 atom stereocenters. The lowest BCUT2D eigenvalue weighted by atomic mass is 9.70. The van der Waals surface area contributed by atoms with Gasteiger partial charge in [-0.1, -0.05) is 58.0 Å². The Balaban J connectivity index is 0.000000267. The molecule has 2 aliphatic rings. The fraction of sp³-hybridized carbons (Fsp3) is 0.654. The third-order valence-corrected chi connectivity index (χ3v) is 8.53. The van der Waals surface area contributed by atoms with Crippen LogP contribution in [0.1, 0.15) is 65.4 Å². The van der Waals surface area contributed by atoms with Crippen molar-refractivity contribution in [2.24, 2.45) is 22.7 Å². The van der Waals surface area contributed by atoms with Crippen molar-refractivity contribution in [3.05, 3.63) is 35.9 Å². The molecular weight excluding hydrogens is 486 g/mol. The van der Waals surface area contributed by atoms with Gasteiger partial charge in [0, 0.05) is 24.2 Å². The number of hydrogen-bond acceptors (Lipinski definition) is 8. The number of quaternary nitrogens is 1. The summed E-state index contributed by atoms with van der Waals surface area (Å²) >= 11 is 0. The van der Waals surface area contributed by atoms with Crippen molar-refractivity contribution in [2.45, 2.75) is 72.4 Å². The summed E-state index contributed by atoms with van der Waals surface area (Å²) in [5.41, 5.74) is 3.48. The molecule has 1 aromatic carbocycles. The molecule has 0 radical (unpaired) electrons. The lowest BCUT2D eigenvalue weighted by Crippen LogP contribution is -2.67. The first kappa shape index (κ1) is 29.9. The molecule has 0 amide bonds. The number of benzene rings is 1. The standard InChI is InChI=1S/C16H23NO4.C10H16O4S/c1-12(2)15(17)16(19)20-10-6-9-14(18)21-11-13-7-4-3-5-8-13;1-9(2)7-3-4-10(9,8(11)5-7)6-15(12,13)14/h3-5,7-8,12,15H,6,9-11,17H2,1-2H3;7H,3-6H2,1-2H3,(H,12,13,14)/t15-;/m0./s1. The quantitative estimate of drug-likeness (QED) is 0.277. The largest absolute Gasteiger partial charge is 0.748 e. The van der Waals surface area contributed by atoms with Gasteiger partial charge in [-0.15, -0.1) is 0 Å². The van der Waals surface area contributed by atoms with Gasteiger partial charge in [-0.05, 0) is 36.2 Å². The molecule has 0 aromatic heterocycles. The summed E-state index contributed by atoms with van der Waals surface area (Å²) < 4.78 is 42.9. The number of esters is 2. The molecular formula is C26H39NO8S. The van der Waals surface area contributed by atoms with Crippen LogP contribution in [0.25, 0.3) is 0 Å². The highest BCUT2D eigenvalue weighted by atomic mass is 32.2. The van der Waals surface area contributed by atoms with Crippen LogP contribution in [-0.4, -0.2) is 49.1 Å². The van der Waals surface area contributed by atoms with Crippen molar-refractivity contribution < 1.29 is 42.6 Å². The van der Waals surface area contributed by atoms with E-state index in [0.29, 0.717) is 19.3 Å². The van der Waals surface area contributed by atoms with Crippen LogP contribution < -0.4 is 5.73 Å². The van der Waals surface area contributed by atoms with Crippen LogP contribution in [-0.2, 0) is 40.6 Å². The van der Waals surface area contributed by atoms with Crippen LogP contribution in [0.15, 0.2) is 30.3 Å². The highest BCUT2D eigenvalue weighted by molar-refractivity contribution is 7.85. The number of hydrogen-bond donors (Lipinski definition) is 1. The van der Waals surface area contributed by atoms with Crippen LogP contribution >= 0.6 is 0 Å². The third kappa shape index (κ3) is 7.60. The van der Waals surface area contributed by atoms with Crippen molar-refractivity contribution >= 4 is 27.8 Å². The summed E-state index contributed by atoms with van der Waals surface area (Å²) in [4.78, 5) is 34.9. The molecule has 2 bridgehead atoms. The average molecular weight is 526 g/mol. The summed E-state index contributed by atoms with van der Waals surface area (Å²) in [7, 11) is -4.33. The molecule has 3 N–H and O–H groups in total. The topological polar surface area (TPSA) is 155 Å². The fourth-order valence-electron chi connectivity index (χ4n) is 4.99. The molecule has 2 saturated carbocycles. The van der Waals surface area contributed by atoms with Gasteiger partial charge in [-0.2, -0.15) is 0 Å². The van der Waals surface area contributed by atoms with E-state index in [9.17, 15) is 27.4 Å². The van der Waals surface area contributed by atoms with Crippen LogP contribution in [0, 0.1) is 22.7 Å².